The molecule has 0 saturated carbocycles. The van der Waals surface area contributed by atoms with E-state index in [9.17, 15) is 0 Å². The van der Waals surface area contributed by atoms with Gasteiger partial charge in [0, 0.05) is 13.6 Å². The van der Waals surface area contributed by atoms with Crippen LogP contribution in [0, 0.1) is 0 Å². The highest BCUT2D eigenvalue weighted by molar-refractivity contribution is 5.10. The lowest BCUT2D eigenvalue weighted by atomic mass is 10.2. The Labute approximate surface area is 104 Å². The smallest absolute Gasteiger partial charge is 0.0625 e. The van der Waals surface area contributed by atoms with Crippen LogP contribution >= 0.6 is 0 Å². The van der Waals surface area contributed by atoms with Gasteiger partial charge in [0.05, 0.1) is 11.4 Å². The van der Waals surface area contributed by atoms with Crippen LogP contribution in [-0.2, 0) is 20.0 Å². The van der Waals surface area contributed by atoms with Gasteiger partial charge in [-0.3, -0.25) is 4.68 Å². The largest absolute Gasteiger partial charge is 0.311 e. The highest BCUT2D eigenvalue weighted by Crippen LogP contribution is 2.19. The number of rotatable bonds is 6. The molecule has 94 valence electrons. The number of allylic oxidation sites excluding steroid dienone is 1. The van der Waals surface area contributed by atoms with Crippen molar-refractivity contribution in [1.29, 1.82) is 0 Å². The van der Waals surface area contributed by atoms with Gasteiger partial charge in [0.1, 0.15) is 0 Å². The SMILES string of the molecule is CCc1cc(CNCCC2=CCCC2)n(C)n1. The fourth-order valence-corrected chi connectivity index (χ4v) is 2.34. The molecule has 0 radical (unpaired) electrons. The molecular weight excluding hydrogens is 210 g/mol. The Morgan fingerprint density at radius 1 is 1.47 bits per heavy atom. The van der Waals surface area contributed by atoms with Crippen LogP contribution in [0.15, 0.2) is 17.7 Å². The fraction of sp³-hybridized carbons (Fsp3) is 0.643. The molecule has 2 rings (SSSR count). The van der Waals surface area contributed by atoms with Crippen LogP contribution in [0.5, 0.6) is 0 Å². The lowest BCUT2D eigenvalue weighted by Crippen LogP contribution is -2.17. The molecule has 0 spiro atoms. The highest BCUT2D eigenvalue weighted by atomic mass is 15.3. The summed E-state index contributed by atoms with van der Waals surface area (Å²) >= 11 is 0. The zero-order chi connectivity index (χ0) is 12.1. The number of nitrogens with zero attached hydrogens (tertiary/aromatic N) is 2. The molecule has 0 saturated heterocycles. The van der Waals surface area contributed by atoms with Crippen LogP contribution in [0.25, 0.3) is 0 Å². The van der Waals surface area contributed by atoms with Crippen molar-refractivity contribution in [3.63, 3.8) is 0 Å². The molecule has 0 unspecified atom stereocenters. The van der Waals surface area contributed by atoms with Gasteiger partial charge in [0.15, 0.2) is 0 Å². The van der Waals surface area contributed by atoms with E-state index in [2.05, 4.69) is 29.5 Å². The molecule has 1 aliphatic rings. The van der Waals surface area contributed by atoms with Crippen LogP contribution in [-0.4, -0.2) is 16.3 Å². The van der Waals surface area contributed by atoms with Crippen LogP contribution in [0.4, 0.5) is 0 Å². The van der Waals surface area contributed by atoms with Crippen molar-refractivity contribution in [3.05, 3.63) is 29.1 Å². The average molecular weight is 233 g/mol. The standard InChI is InChI=1S/C14H23N3/c1-3-13-10-14(17(2)16-13)11-15-9-8-12-6-4-5-7-12/h6,10,15H,3-5,7-9,11H2,1-2H3. The van der Waals surface area contributed by atoms with Crippen molar-refractivity contribution < 1.29 is 0 Å². The summed E-state index contributed by atoms with van der Waals surface area (Å²) in [5.41, 5.74) is 4.10. The lowest BCUT2D eigenvalue weighted by Gasteiger charge is -2.05. The molecule has 1 N–H and O–H groups in total. The summed E-state index contributed by atoms with van der Waals surface area (Å²) in [6.45, 7) is 4.15. The summed E-state index contributed by atoms with van der Waals surface area (Å²) < 4.78 is 1.99. The second-order valence-electron chi connectivity index (χ2n) is 4.79. The zero-order valence-electron chi connectivity index (χ0n) is 11.0. The molecular formula is C14H23N3. The molecule has 0 amide bonds. The Balaban J connectivity index is 1.72. The third-order valence-electron chi connectivity index (χ3n) is 3.45. The van der Waals surface area contributed by atoms with Crippen molar-refractivity contribution in [3.8, 4) is 0 Å². The summed E-state index contributed by atoms with van der Waals surface area (Å²) in [5, 5.41) is 7.96. The highest BCUT2D eigenvalue weighted by Gasteiger charge is 2.05. The molecule has 3 nitrogen and oxygen atoms in total. The van der Waals surface area contributed by atoms with Gasteiger partial charge in [-0.05, 0) is 44.7 Å². The summed E-state index contributed by atoms with van der Waals surface area (Å²) in [5.74, 6) is 0. The minimum absolute atomic E-state index is 0.927. The molecule has 1 heterocycles. The molecule has 17 heavy (non-hydrogen) atoms. The minimum atomic E-state index is 0.927. The molecule has 3 heteroatoms. The molecule has 0 bridgehead atoms. The maximum absolute atomic E-state index is 4.45. The number of aromatic nitrogens is 2. The van der Waals surface area contributed by atoms with Crippen LogP contribution in [0.2, 0.25) is 0 Å². The third kappa shape index (κ3) is 3.43. The van der Waals surface area contributed by atoms with Crippen molar-refractivity contribution in [2.75, 3.05) is 6.54 Å². The van der Waals surface area contributed by atoms with Crippen molar-refractivity contribution in [2.24, 2.45) is 7.05 Å². The molecule has 0 aliphatic heterocycles. The van der Waals surface area contributed by atoms with Crippen molar-refractivity contribution in [2.45, 2.75) is 45.6 Å². The van der Waals surface area contributed by atoms with E-state index in [4.69, 9.17) is 0 Å². The van der Waals surface area contributed by atoms with Gasteiger partial charge in [-0.15, -0.1) is 0 Å². The van der Waals surface area contributed by atoms with Gasteiger partial charge in [0.25, 0.3) is 0 Å². The first kappa shape index (κ1) is 12.4. The Bertz CT molecular complexity index is 390. The minimum Gasteiger partial charge on any atom is -0.311 e. The summed E-state index contributed by atoms with van der Waals surface area (Å²) in [6.07, 6.45) is 8.58. The van der Waals surface area contributed by atoms with Gasteiger partial charge in [-0.2, -0.15) is 5.10 Å². The summed E-state index contributed by atoms with van der Waals surface area (Å²) in [4.78, 5) is 0. The van der Waals surface area contributed by atoms with E-state index >= 15 is 0 Å². The summed E-state index contributed by atoms with van der Waals surface area (Å²) in [7, 11) is 2.02. The molecule has 0 fully saturated rings. The van der Waals surface area contributed by atoms with Gasteiger partial charge < -0.3 is 5.32 Å². The molecule has 1 aromatic heterocycles. The predicted octanol–water partition coefficient (Wildman–Crippen LogP) is 2.57. The maximum Gasteiger partial charge on any atom is 0.0625 e. The van der Waals surface area contributed by atoms with Crippen LogP contribution in [0.1, 0.15) is 44.0 Å². The third-order valence-corrected chi connectivity index (χ3v) is 3.45. The Morgan fingerprint density at radius 2 is 2.35 bits per heavy atom. The van der Waals surface area contributed by atoms with E-state index < -0.39 is 0 Å². The summed E-state index contributed by atoms with van der Waals surface area (Å²) in [6, 6.07) is 2.20. The monoisotopic (exact) mass is 233 g/mol. The fourth-order valence-electron chi connectivity index (χ4n) is 2.34. The van der Waals surface area contributed by atoms with E-state index in [0.29, 0.717) is 0 Å². The normalized spacial score (nSPS) is 15.3. The number of aryl methyl sites for hydroxylation is 2. The van der Waals surface area contributed by atoms with Crippen LogP contribution < -0.4 is 5.32 Å². The second kappa shape index (κ2) is 6.01. The maximum atomic E-state index is 4.45. The lowest BCUT2D eigenvalue weighted by molar-refractivity contribution is 0.619. The molecule has 1 aromatic rings. The van der Waals surface area contributed by atoms with Gasteiger partial charge >= 0.3 is 0 Å². The van der Waals surface area contributed by atoms with E-state index in [0.717, 1.165) is 19.5 Å². The van der Waals surface area contributed by atoms with Gasteiger partial charge in [-0.25, -0.2) is 0 Å². The van der Waals surface area contributed by atoms with E-state index in [1.54, 1.807) is 5.57 Å². The molecule has 0 atom stereocenters. The van der Waals surface area contributed by atoms with E-state index in [1.165, 1.54) is 37.1 Å². The Hall–Kier alpha value is -1.09. The first-order valence-corrected chi connectivity index (χ1v) is 6.70. The molecule has 1 aliphatic carbocycles. The Kier molecular flexibility index (Phi) is 4.37. The number of hydrogen-bond acceptors (Lipinski definition) is 2. The van der Waals surface area contributed by atoms with Gasteiger partial charge in [-0.1, -0.05) is 18.6 Å². The zero-order valence-corrected chi connectivity index (χ0v) is 11.0. The molecule has 0 aromatic carbocycles. The van der Waals surface area contributed by atoms with Crippen molar-refractivity contribution in [1.82, 2.24) is 15.1 Å². The Morgan fingerprint density at radius 3 is 3.00 bits per heavy atom. The average Bonchev–Trinajstić information content (AvgIpc) is 2.94. The first-order valence-electron chi connectivity index (χ1n) is 6.70. The van der Waals surface area contributed by atoms with Crippen molar-refractivity contribution >= 4 is 0 Å². The second-order valence-corrected chi connectivity index (χ2v) is 4.79. The van der Waals surface area contributed by atoms with Gasteiger partial charge in [0.2, 0.25) is 0 Å². The number of hydrogen-bond donors (Lipinski definition) is 1. The predicted molar refractivity (Wildman–Crippen MR) is 70.8 cm³/mol. The quantitative estimate of drug-likeness (QED) is 0.604. The van der Waals surface area contributed by atoms with Crippen LogP contribution in [0.3, 0.4) is 0 Å². The van der Waals surface area contributed by atoms with E-state index in [-0.39, 0.29) is 0 Å². The van der Waals surface area contributed by atoms with E-state index in [1.807, 2.05) is 11.7 Å². The number of nitrogens with one attached hydrogen (secondary N) is 1. The first-order chi connectivity index (χ1) is 8.29. The topological polar surface area (TPSA) is 29.9 Å².